The molecule has 0 radical (unpaired) electrons. The molecule has 1 saturated carbocycles. The highest BCUT2D eigenvalue weighted by molar-refractivity contribution is 5.81. The Balaban J connectivity index is 2.19. The smallest absolute Gasteiger partial charge is 0.227 e. The minimum Gasteiger partial charge on any atom is -0.389 e. The van der Waals surface area contributed by atoms with Gasteiger partial charge in [-0.05, 0) is 31.4 Å². The summed E-state index contributed by atoms with van der Waals surface area (Å²) in [4.78, 5) is 24.3. The fraction of sp³-hybridized carbons (Fsp3) is 0.381. The molecule has 1 aliphatic carbocycles. The Hall–Kier alpha value is -2.53. The summed E-state index contributed by atoms with van der Waals surface area (Å²) in [6.07, 6.45) is 0.177. The molecule has 1 fully saturated rings. The molecule has 1 aliphatic rings. The second-order valence-electron chi connectivity index (χ2n) is 7.38. The maximum Gasteiger partial charge on any atom is 0.227 e. The number of hydrogen-bond acceptors (Lipinski definition) is 4. The summed E-state index contributed by atoms with van der Waals surface area (Å²) < 4.78 is 0. The number of carbonyl (C=O) groups excluding carboxylic acids is 1. The number of carbonyl (C=O) groups is 1. The van der Waals surface area contributed by atoms with Crippen LogP contribution in [0.1, 0.15) is 43.2 Å². The summed E-state index contributed by atoms with van der Waals surface area (Å²) >= 11 is 0. The minimum absolute atomic E-state index is 0.177. The van der Waals surface area contributed by atoms with Gasteiger partial charge in [-0.25, -0.2) is 0 Å². The zero-order valence-electron chi connectivity index (χ0n) is 14.9. The molecule has 1 N–H and O–H groups in total. The molecule has 5 nitrogen and oxygen atoms in total. The van der Waals surface area contributed by atoms with Crippen LogP contribution in [0.2, 0.25) is 0 Å². The standard InChI is InChI=1S/C21H23NO4/c1-14(23)19-18(16-11-7-4-8-12-16)20(22(25)26)17(13-21(19,2)24)15-9-5-3-6-10-15/h3-12,17-20,24H,13H2,1-2H3. The minimum atomic E-state index is -1.32. The molecule has 0 amide bonds. The predicted molar refractivity (Wildman–Crippen MR) is 98.6 cm³/mol. The van der Waals surface area contributed by atoms with Crippen LogP contribution >= 0.6 is 0 Å². The summed E-state index contributed by atoms with van der Waals surface area (Å²) in [6, 6.07) is 17.3. The first-order valence-electron chi connectivity index (χ1n) is 8.79. The highest BCUT2D eigenvalue weighted by Gasteiger charge is 2.57. The van der Waals surface area contributed by atoms with E-state index in [9.17, 15) is 20.0 Å². The Kier molecular flexibility index (Phi) is 4.92. The van der Waals surface area contributed by atoms with E-state index in [2.05, 4.69) is 0 Å². The van der Waals surface area contributed by atoms with Crippen LogP contribution in [0, 0.1) is 16.0 Å². The van der Waals surface area contributed by atoms with Crippen molar-refractivity contribution in [3.05, 3.63) is 81.9 Å². The summed E-state index contributed by atoms with van der Waals surface area (Å²) in [7, 11) is 0. The zero-order valence-corrected chi connectivity index (χ0v) is 14.9. The second kappa shape index (κ2) is 7.00. The van der Waals surface area contributed by atoms with E-state index < -0.39 is 29.4 Å². The second-order valence-corrected chi connectivity index (χ2v) is 7.38. The van der Waals surface area contributed by atoms with Gasteiger partial charge in [0, 0.05) is 4.92 Å². The zero-order chi connectivity index (χ0) is 18.9. The number of benzene rings is 2. The van der Waals surface area contributed by atoms with Crippen molar-refractivity contribution >= 4 is 5.78 Å². The summed E-state index contributed by atoms with van der Waals surface area (Å²) in [5.41, 5.74) is 0.215. The fourth-order valence-corrected chi connectivity index (χ4v) is 4.58. The SMILES string of the molecule is CC(=O)C1C(c2ccccc2)C([N+](=O)[O-])C(c2ccccc2)CC1(C)O. The topological polar surface area (TPSA) is 80.4 Å². The van der Waals surface area contributed by atoms with Crippen LogP contribution in [0.15, 0.2) is 60.7 Å². The van der Waals surface area contributed by atoms with Crippen molar-refractivity contribution < 1.29 is 14.8 Å². The molecule has 3 rings (SSSR count). The third-order valence-corrected chi connectivity index (χ3v) is 5.54. The summed E-state index contributed by atoms with van der Waals surface area (Å²) in [5.74, 6) is -2.19. The molecule has 5 heteroatoms. The maximum atomic E-state index is 12.4. The Morgan fingerprint density at radius 3 is 2.04 bits per heavy atom. The molecule has 0 bridgehead atoms. The predicted octanol–water partition coefficient (Wildman–Crippen LogP) is 3.56. The van der Waals surface area contributed by atoms with Crippen molar-refractivity contribution in [3.8, 4) is 0 Å². The molecule has 0 aliphatic heterocycles. The first-order valence-corrected chi connectivity index (χ1v) is 8.79. The number of nitrogens with zero attached hydrogens (tertiary/aromatic N) is 1. The van der Waals surface area contributed by atoms with Crippen LogP contribution in [-0.4, -0.2) is 27.5 Å². The number of ketones is 1. The Morgan fingerprint density at radius 2 is 1.58 bits per heavy atom. The van der Waals surface area contributed by atoms with Gasteiger partial charge in [0.15, 0.2) is 0 Å². The van der Waals surface area contributed by atoms with Crippen LogP contribution in [0.25, 0.3) is 0 Å². The van der Waals surface area contributed by atoms with Gasteiger partial charge in [0.25, 0.3) is 0 Å². The first-order chi connectivity index (χ1) is 12.3. The van der Waals surface area contributed by atoms with E-state index in [1.165, 1.54) is 6.92 Å². The van der Waals surface area contributed by atoms with Crippen LogP contribution in [0.3, 0.4) is 0 Å². The third-order valence-electron chi connectivity index (χ3n) is 5.54. The van der Waals surface area contributed by atoms with Gasteiger partial charge >= 0.3 is 0 Å². The average Bonchev–Trinajstić information content (AvgIpc) is 2.61. The van der Waals surface area contributed by atoms with Crippen LogP contribution in [-0.2, 0) is 4.79 Å². The molecule has 5 atom stereocenters. The lowest BCUT2D eigenvalue weighted by Crippen LogP contribution is -2.55. The molecule has 2 aromatic rings. The number of nitro groups is 1. The van der Waals surface area contributed by atoms with Crippen molar-refractivity contribution in [2.45, 2.75) is 43.7 Å². The highest BCUT2D eigenvalue weighted by atomic mass is 16.6. The van der Waals surface area contributed by atoms with Gasteiger partial charge in [-0.1, -0.05) is 60.7 Å². The van der Waals surface area contributed by atoms with Crippen LogP contribution in [0.5, 0.6) is 0 Å². The molecule has 136 valence electrons. The van der Waals surface area contributed by atoms with E-state index in [4.69, 9.17) is 0 Å². The van der Waals surface area contributed by atoms with E-state index in [0.717, 1.165) is 11.1 Å². The van der Waals surface area contributed by atoms with Gasteiger partial charge in [0.2, 0.25) is 6.04 Å². The molecule has 5 unspecified atom stereocenters. The van der Waals surface area contributed by atoms with E-state index in [1.807, 2.05) is 48.5 Å². The van der Waals surface area contributed by atoms with Gasteiger partial charge < -0.3 is 5.11 Å². The molecular weight excluding hydrogens is 330 g/mol. The van der Waals surface area contributed by atoms with E-state index >= 15 is 0 Å². The maximum absolute atomic E-state index is 12.4. The van der Waals surface area contributed by atoms with Crippen LogP contribution in [0.4, 0.5) is 0 Å². The van der Waals surface area contributed by atoms with Gasteiger partial charge in [-0.15, -0.1) is 0 Å². The number of Topliss-reactive ketones (excluding diaryl/α,β-unsaturated/α-hetero) is 1. The molecule has 0 spiro atoms. The van der Waals surface area contributed by atoms with E-state index in [-0.39, 0.29) is 17.1 Å². The lowest BCUT2D eigenvalue weighted by molar-refractivity contribution is -0.537. The highest BCUT2D eigenvalue weighted by Crippen LogP contribution is 2.51. The van der Waals surface area contributed by atoms with Crippen molar-refractivity contribution in [1.29, 1.82) is 0 Å². The van der Waals surface area contributed by atoms with Crippen molar-refractivity contribution in [2.75, 3.05) is 0 Å². The van der Waals surface area contributed by atoms with Gasteiger partial charge in [-0.3, -0.25) is 14.9 Å². The summed E-state index contributed by atoms with van der Waals surface area (Å²) in [6.45, 7) is 3.04. The largest absolute Gasteiger partial charge is 0.389 e. The van der Waals surface area contributed by atoms with Crippen molar-refractivity contribution in [1.82, 2.24) is 0 Å². The van der Waals surface area contributed by atoms with Gasteiger partial charge in [-0.2, -0.15) is 0 Å². The monoisotopic (exact) mass is 353 g/mol. The fourth-order valence-electron chi connectivity index (χ4n) is 4.58. The Bertz CT molecular complexity index is 788. The number of hydrogen-bond donors (Lipinski definition) is 1. The van der Waals surface area contributed by atoms with Crippen molar-refractivity contribution in [2.24, 2.45) is 5.92 Å². The average molecular weight is 353 g/mol. The van der Waals surface area contributed by atoms with Crippen LogP contribution < -0.4 is 0 Å². The van der Waals surface area contributed by atoms with E-state index in [1.54, 1.807) is 19.1 Å². The van der Waals surface area contributed by atoms with Gasteiger partial charge in [0.05, 0.1) is 23.4 Å². The molecule has 26 heavy (non-hydrogen) atoms. The first kappa shape index (κ1) is 18.3. The van der Waals surface area contributed by atoms with Crippen molar-refractivity contribution in [3.63, 3.8) is 0 Å². The quantitative estimate of drug-likeness (QED) is 0.673. The molecule has 0 saturated heterocycles. The van der Waals surface area contributed by atoms with Gasteiger partial charge in [0.1, 0.15) is 5.78 Å². The molecule has 0 aromatic heterocycles. The third kappa shape index (κ3) is 3.27. The van der Waals surface area contributed by atoms with E-state index in [0.29, 0.717) is 0 Å². The number of rotatable bonds is 4. The molecular formula is C21H23NO4. The Labute approximate surface area is 152 Å². The number of aliphatic hydroxyl groups is 1. The molecule has 0 heterocycles. The normalized spacial score (nSPS) is 31.3. The summed E-state index contributed by atoms with van der Waals surface area (Å²) in [5, 5.41) is 23.2. The lowest BCUT2D eigenvalue weighted by atomic mass is 9.59. The molecule has 2 aromatic carbocycles. The lowest BCUT2D eigenvalue weighted by Gasteiger charge is -2.46. The Morgan fingerprint density at radius 1 is 1.08 bits per heavy atom.